The van der Waals surface area contributed by atoms with Gasteiger partial charge in [-0.05, 0) is 45.1 Å². The Morgan fingerprint density at radius 1 is 1.24 bits per heavy atom. The van der Waals surface area contributed by atoms with E-state index in [1.165, 1.54) is 4.90 Å². The molecule has 0 aromatic heterocycles. The summed E-state index contributed by atoms with van der Waals surface area (Å²) in [5.41, 5.74) is 0.690. The molecule has 6 heteroatoms. The molecule has 0 saturated carbocycles. The first-order chi connectivity index (χ1) is 11.8. The van der Waals surface area contributed by atoms with Crippen LogP contribution in [0.5, 0.6) is 0 Å². The fourth-order valence-electron chi connectivity index (χ4n) is 1.42. The number of nitrogens with one attached hydrogen (secondary N) is 1. The molecule has 1 rings (SSSR count). The zero-order valence-electron chi connectivity index (χ0n) is 15.3. The lowest BCUT2D eigenvalue weighted by molar-refractivity contribution is -0.130. The van der Waals surface area contributed by atoms with Gasteiger partial charge in [-0.25, -0.2) is 4.79 Å². The molecule has 1 heterocycles. The van der Waals surface area contributed by atoms with Crippen LogP contribution in [0.3, 0.4) is 0 Å². The van der Waals surface area contributed by atoms with Gasteiger partial charge in [0, 0.05) is 22.0 Å². The van der Waals surface area contributed by atoms with E-state index >= 15 is 0 Å². The van der Waals surface area contributed by atoms with Crippen molar-refractivity contribution in [3.8, 4) is 0 Å². The highest BCUT2D eigenvalue weighted by Gasteiger charge is 2.17. The number of carboxylic acid groups (broad SMARTS) is 1. The molecular weight excluding hydrogens is 359 g/mol. The Morgan fingerprint density at radius 3 is 2.28 bits per heavy atom. The first kappa shape index (κ1) is 25.2. The van der Waals surface area contributed by atoms with E-state index in [0.717, 1.165) is 0 Å². The van der Waals surface area contributed by atoms with E-state index in [0.29, 0.717) is 15.8 Å². The molecule has 0 atom stereocenters. The maximum atomic E-state index is 10.5. The van der Waals surface area contributed by atoms with E-state index in [1.807, 2.05) is 32.9 Å². The highest BCUT2D eigenvalue weighted by atomic mass is 35.5. The average molecular weight is 385 g/mol. The highest BCUT2D eigenvalue weighted by molar-refractivity contribution is 6.34. The van der Waals surface area contributed by atoms with Crippen molar-refractivity contribution >= 4 is 35.0 Å². The minimum Gasteiger partial charge on any atom is -0.475 e. The zero-order chi connectivity index (χ0) is 19.8. The predicted molar refractivity (Wildman–Crippen MR) is 109 cm³/mol. The zero-order valence-corrected chi connectivity index (χ0v) is 16.8. The summed E-state index contributed by atoms with van der Waals surface area (Å²) < 4.78 is 0. The normalized spacial score (nSPS) is 15.5. The third-order valence-electron chi connectivity index (χ3n) is 2.42. The van der Waals surface area contributed by atoms with Gasteiger partial charge in [0.2, 0.25) is 5.84 Å². The van der Waals surface area contributed by atoms with E-state index < -0.39 is 11.8 Å². The van der Waals surface area contributed by atoms with Crippen LogP contribution in [0, 0.1) is 5.41 Å². The number of hydrogen-bond donors (Lipinski definition) is 2. The van der Waals surface area contributed by atoms with E-state index in [9.17, 15) is 4.79 Å². The van der Waals surface area contributed by atoms with Gasteiger partial charge in [-0.1, -0.05) is 61.4 Å². The maximum absolute atomic E-state index is 10.5. The van der Waals surface area contributed by atoms with Gasteiger partial charge < -0.3 is 5.11 Å². The van der Waals surface area contributed by atoms with Crippen molar-refractivity contribution in [2.75, 3.05) is 0 Å². The number of hydrogen-bond acceptors (Lipinski definition) is 2. The molecule has 0 spiro atoms. The van der Waals surface area contributed by atoms with Crippen LogP contribution in [-0.2, 0) is 4.79 Å². The summed E-state index contributed by atoms with van der Waals surface area (Å²) in [7, 11) is 0. The lowest BCUT2D eigenvalue weighted by atomic mass is 10.2. The second-order valence-electron chi connectivity index (χ2n) is 4.25. The Balaban J connectivity index is 0. The quantitative estimate of drug-likeness (QED) is 0.338. The van der Waals surface area contributed by atoms with Gasteiger partial charge in [0.1, 0.15) is 0 Å². The molecule has 0 unspecified atom stereocenters. The highest BCUT2D eigenvalue weighted by Crippen LogP contribution is 2.12. The van der Waals surface area contributed by atoms with E-state index in [2.05, 4.69) is 0 Å². The summed E-state index contributed by atoms with van der Waals surface area (Å²) in [6.07, 6.45) is 15.8. The molecule has 138 valence electrons. The van der Waals surface area contributed by atoms with Crippen LogP contribution in [0.25, 0.3) is 0 Å². The van der Waals surface area contributed by atoms with Crippen LogP contribution in [0.2, 0.25) is 0 Å². The third kappa shape index (κ3) is 12.0. The van der Waals surface area contributed by atoms with Gasteiger partial charge in [0.05, 0.1) is 0 Å². The monoisotopic (exact) mass is 384 g/mol. The molecule has 1 aliphatic heterocycles. The SMILES string of the molecule is C/C=C/C=C(Cl)\C=C(/C)Cl.C/C=C1\C=CC=CN1C(=N)C(=O)O.CC. The van der Waals surface area contributed by atoms with Crippen LogP contribution < -0.4 is 0 Å². The lowest BCUT2D eigenvalue weighted by Gasteiger charge is -2.21. The molecular formula is C19H26Cl2N2O2. The van der Waals surface area contributed by atoms with E-state index in [-0.39, 0.29) is 0 Å². The number of rotatable bonds is 2. The first-order valence-electron chi connectivity index (χ1n) is 7.78. The summed E-state index contributed by atoms with van der Waals surface area (Å²) in [5, 5.41) is 17.2. The number of amidine groups is 1. The van der Waals surface area contributed by atoms with Crippen molar-refractivity contribution in [3.05, 3.63) is 70.6 Å². The molecule has 4 nitrogen and oxygen atoms in total. The van der Waals surface area contributed by atoms with Crippen molar-refractivity contribution in [3.63, 3.8) is 0 Å². The van der Waals surface area contributed by atoms with Crippen LogP contribution in [0.4, 0.5) is 0 Å². The van der Waals surface area contributed by atoms with Gasteiger partial charge in [0.15, 0.2) is 0 Å². The Labute approximate surface area is 160 Å². The molecule has 0 amide bonds. The molecule has 2 N–H and O–H groups in total. The maximum Gasteiger partial charge on any atom is 0.371 e. The van der Waals surface area contributed by atoms with Crippen LogP contribution in [-0.4, -0.2) is 21.8 Å². The smallest absolute Gasteiger partial charge is 0.371 e. The number of halogens is 2. The van der Waals surface area contributed by atoms with Gasteiger partial charge in [-0.3, -0.25) is 10.3 Å². The van der Waals surface area contributed by atoms with E-state index in [1.54, 1.807) is 56.5 Å². The van der Waals surface area contributed by atoms with Crippen LogP contribution >= 0.6 is 23.2 Å². The summed E-state index contributed by atoms with van der Waals surface area (Å²) in [5.74, 6) is -1.69. The van der Waals surface area contributed by atoms with Crippen LogP contribution in [0.1, 0.15) is 34.6 Å². The fourth-order valence-corrected chi connectivity index (χ4v) is 1.83. The van der Waals surface area contributed by atoms with Crippen molar-refractivity contribution in [1.82, 2.24) is 4.90 Å². The summed E-state index contributed by atoms with van der Waals surface area (Å²) in [4.78, 5) is 11.8. The van der Waals surface area contributed by atoms with Crippen molar-refractivity contribution in [2.45, 2.75) is 34.6 Å². The minimum absolute atomic E-state index is 0.450. The van der Waals surface area contributed by atoms with Crippen molar-refractivity contribution < 1.29 is 9.90 Å². The number of aliphatic carboxylic acids is 1. The second-order valence-corrected chi connectivity index (χ2v) is 5.28. The van der Waals surface area contributed by atoms with Crippen molar-refractivity contribution in [1.29, 1.82) is 5.41 Å². The fraction of sp³-hybridized carbons (Fsp3) is 0.263. The molecule has 0 aliphatic carbocycles. The molecule has 0 aromatic carbocycles. The number of carbonyl (C=O) groups is 1. The second kappa shape index (κ2) is 15.5. The molecule has 0 fully saturated rings. The minimum atomic E-state index is -1.24. The Hall–Kier alpha value is -2.04. The lowest BCUT2D eigenvalue weighted by Crippen LogP contribution is -2.31. The number of carboxylic acids is 1. The molecule has 25 heavy (non-hydrogen) atoms. The first-order valence-corrected chi connectivity index (χ1v) is 8.53. The summed E-state index contributed by atoms with van der Waals surface area (Å²) in [6, 6.07) is 0. The molecule has 0 bridgehead atoms. The Kier molecular flexibility index (Phi) is 15.6. The molecule has 1 aliphatic rings. The van der Waals surface area contributed by atoms with Gasteiger partial charge in [0.25, 0.3) is 0 Å². The van der Waals surface area contributed by atoms with Gasteiger partial charge >= 0.3 is 5.97 Å². The van der Waals surface area contributed by atoms with Crippen LogP contribution in [0.15, 0.2) is 70.6 Å². The Morgan fingerprint density at radius 2 is 1.84 bits per heavy atom. The van der Waals surface area contributed by atoms with E-state index in [4.69, 9.17) is 33.7 Å². The number of allylic oxidation sites excluding steroid dienone is 10. The number of nitrogens with zero attached hydrogens (tertiary/aromatic N) is 1. The van der Waals surface area contributed by atoms with Gasteiger partial charge in [-0.2, -0.15) is 0 Å². The third-order valence-corrected chi connectivity index (χ3v) is 2.76. The summed E-state index contributed by atoms with van der Waals surface area (Å²) in [6.45, 7) is 9.51. The van der Waals surface area contributed by atoms with Gasteiger partial charge in [-0.15, -0.1) is 0 Å². The summed E-state index contributed by atoms with van der Waals surface area (Å²) >= 11 is 11.3. The Bertz CT molecular complexity index is 609. The molecule has 0 aromatic rings. The average Bonchev–Trinajstić information content (AvgIpc) is 2.60. The molecule has 0 saturated heterocycles. The molecule has 0 radical (unpaired) electrons. The largest absolute Gasteiger partial charge is 0.475 e. The predicted octanol–water partition coefficient (Wildman–Crippen LogP) is 6.19. The topological polar surface area (TPSA) is 64.4 Å². The standard InChI is InChI=1S/C9H10N2O2.C8H10Cl2.C2H6/c1-2-7-5-3-4-6-11(7)8(10)9(12)13;1-3-4-5-8(10)6-7(2)9;1-2/h2-6,10H,1H3,(H,12,13);3-6H,1-2H3;1-2H3/b7-2+,10-8?;4-3+,7-6+,8-5+;. The van der Waals surface area contributed by atoms with Crippen molar-refractivity contribution in [2.24, 2.45) is 0 Å².